The van der Waals surface area contributed by atoms with E-state index in [4.69, 9.17) is 16.3 Å². The van der Waals surface area contributed by atoms with E-state index in [0.29, 0.717) is 37.2 Å². The topological polar surface area (TPSA) is 68.2 Å². The van der Waals surface area contributed by atoms with Crippen molar-refractivity contribution in [3.63, 3.8) is 0 Å². The molecule has 1 aliphatic rings. The third-order valence-electron chi connectivity index (χ3n) is 4.09. The molecule has 2 heterocycles. The van der Waals surface area contributed by atoms with Gasteiger partial charge in [0.15, 0.2) is 0 Å². The van der Waals surface area contributed by atoms with Crippen molar-refractivity contribution in [2.75, 3.05) is 19.7 Å². The van der Waals surface area contributed by atoms with E-state index < -0.39 is 0 Å². The number of para-hydroxylation sites is 1. The summed E-state index contributed by atoms with van der Waals surface area (Å²) in [5, 5.41) is 11.1. The number of carbonyl (C=O) groups excluding carboxylic acids is 1. The summed E-state index contributed by atoms with van der Waals surface area (Å²) in [5.74, 6) is 0.910. The molecule has 24 heavy (non-hydrogen) atoms. The SMILES string of the molecule is Cn1ncc(Cl)c1-c1ccccc1OCCN[C@@H]1CCC(=O)NC1. The lowest BCUT2D eigenvalue weighted by Crippen LogP contribution is -2.46. The molecule has 0 spiro atoms. The Labute approximate surface area is 146 Å². The molecule has 1 fully saturated rings. The van der Waals surface area contributed by atoms with Crippen LogP contribution in [0, 0.1) is 0 Å². The molecule has 1 saturated heterocycles. The molecule has 6 nitrogen and oxygen atoms in total. The van der Waals surface area contributed by atoms with Gasteiger partial charge in [-0.2, -0.15) is 5.10 Å². The third kappa shape index (κ3) is 3.88. The van der Waals surface area contributed by atoms with E-state index in [1.54, 1.807) is 10.9 Å². The quantitative estimate of drug-likeness (QED) is 0.783. The number of amides is 1. The predicted molar refractivity (Wildman–Crippen MR) is 93.2 cm³/mol. The minimum absolute atomic E-state index is 0.131. The van der Waals surface area contributed by atoms with Crippen LogP contribution >= 0.6 is 11.6 Å². The second-order valence-electron chi connectivity index (χ2n) is 5.80. The molecule has 128 valence electrons. The number of nitrogens with one attached hydrogen (secondary N) is 2. The van der Waals surface area contributed by atoms with Crippen LogP contribution in [0.5, 0.6) is 5.75 Å². The zero-order chi connectivity index (χ0) is 16.9. The van der Waals surface area contributed by atoms with Gasteiger partial charge in [-0.05, 0) is 18.6 Å². The van der Waals surface area contributed by atoms with Gasteiger partial charge in [0.05, 0.1) is 16.9 Å². The molecule has 0 unspecified atom stereocenters. The highest BCUT2D eigenvalue weighted by molar-refractivity contribution is 6.33. The molecule has 1 aromatic heterocycles. The van der Waals surface area contributed by atoms with Gasteiger partial charge in [-0.3, -0.25) is 9.48 Å². The standard InChI is InChI=1S/C17H21ClN4O2/c1-22-17(14(18)11-21-22)13-4-2-3-5-15(13)24-9-8-19-12-6-7-16(23)20-10-12/h2-5,11-12,19H,6-10H2,1H3,(H,20,23)/t12-/m1/s1. The second-order valence-corrected chi connectivity index (χ2v) is 6.21. The Bertz CT molecular complexity index is 687. The average molecular weight is 349 g/mol. The molecule has 2 N–H and O–H groups in total. The van der Waals surface area contributed by atoms with Gasteiger partial charge in [0.25, 0.3) is 0 Å². The normalized spacial score (nSPS) is 17.6. The van der Waals surface area contributed by atoms with Crippen LogP contribution in [0.25, 0.3) is 11.3 Å². The molecule has 1 atom stereocenters. The number of ether oxygens (including phenoxy) is 1. The van der Waals surface area contributed by atoms with E-state index in [1.165, 1.54) is 0 Å². The highest BCUT2D eigenvalue weighted by Gasteiger charge is 2.17. The summed E-state index contributed by atoms with van der Waals surface area (Å²) in [5.41, 5.74) is 1.77. The summed E-state index contributed by atoms with van der Waals surface area (Å²) in [6.45, 7) is 1.94. The van der Waals surface area contributed by atoms with Crippen LogP contribution in [-0.4, -0.2) is 41.4 Å². The number of rotatable bonds is 6. The Morgan fingerprint density at radius 3 is 3.00 bits per heavy atom. The zero-order valence-electron chi connectivity index (χ0n) is 13.6. The van der Waals surface area contributed by atoms with Crippen LogP contribution in [0.2, 0.25) is 5.02 Å². The van der Waals surface area contributed by atoms with Crippen molar-refractivity contribution in [3.05, 3.63) is 35.5 Å². The molecule has 0 aliphatic carbocycles. The van der Waals surface area contributed by atoms with Crippen LogP contribution in [0.4, 0.5) is 0 Å². The lowest BCUT2D eigenvalue weighted by atomic mass is 10.1. The van der Waals surface area contributed by atoms with Gasteiger partial charge in [0.1, 0.15) is 12.4 Å². The maximum absolute atomic E-state index is 11.1. The first kappa shape index (κ1) is 16.8. The molecule has 1 aliphatic heterocycles. The molecular weight excluding hydrogens is 328 g/mol. The van der Waals surface area contributed by atoms with Gasteiger partial charge >= 0.3 is 0 Å². The lowest BCUT2D eigenvalue weighted by molar-refractivity contribution is -0.122. The van der Waals surface area contributed by atoms with E-state index in [1.807, 2.05) is 31.3 Å². The number of aromatic nitrogens is 2. The minimum atomic E-state index is 0.131. The summed E-state index contributed by atoms with van der Waals surface area (Å²) < 4.78 is 7.68. The lowest BCUT2D eigenvalue weighted by Gasteiger charge is -2.23. The Morgan fingerprint density at radius 1 is 1.46 bits per heavy atom. The van der Waals surface area contributed by atoms with E-state index in [9.17, 15) is 4.79 Å². The van der Waals surface area contributed by atoms with Gasteiger partial charge in [-0.15, -0.1) is 0 Å². The fourth-order valence-electron chi connectivity index (χ4n) is 2.83. The van der Waals surface area contributed by atoms with Crippen molar-refractivity contribution < 1.29 is 9.53 Å². The first-order valence-electron chi connectivity index (χ1n) is 8.05. The average Bonchev–Trinajstić information content (AvgIpc) is 2.92. The Hall–Kier alpha value is -2.05. The number of benzene rings is 1. The van der Waals surface area contributed by atoms with Crippen LogP contribution in [0.15, 0.2) is 30.5 Å². The Morgan fingerprint density at radius 2 is 2.29 bits per heavy atom. The summed E-state index contributed by atoms with van der Waals surface area (Å²) in [6.07, 6.45) is 3.08. The largest absolute Gasteiger partial charge is 0.492 e. The maximum Gasteiger partial charge on any atom is 0.220 e. The number of nitrogens with zero attached hydrogens (tertiary/aromatic N) is 2. The molecular formula is C17H21ClN4O2. The number of carbonyl (C=O) groups is 1. The van der Waals surface area contributed by atoms with Gasteiger partial charge in [0, 0.05) is 38.2 Å². The van der Waals surface area contributed by atoms with Crippen LogP contribution < -0.4 is 15.4 Å². The maximum atomic E-state index is 11.1. The smallest absolute Gasteiger partial charge is 0.220 e. The van der Waals surface area contributed by atoms with Gasteiger partial charge in [-0.25, -0.2) is 0 Å². The van der Waals surface area contributed by atoms with Crippen LogP contribution in [-0.2, 0) is 11.8 Å². The fraction of sp³-hybridized carbons (Fsp3) is 0.412. The summed E-state index contributed by atoms with van der Waals surface area (Å²) in [6, 6.07) is 8.11. The third-order valence-corrected chi connectivity index (χ3v) is 4.37. The van der Waals surface area contributed by atoms with Gasteiger partial charge in [0.2, 0.25) is 5.91 Å². The number of halogens is 1. The second kappa shape index (κ2) is 7.68. The Balaban J connectivity index is 1.57. The molecule has 2 aromatic rings. The van der Waals surface area contributed by atoms with Gasteiger partial charge < -0.3 is 15.4 Å². The number of hydrogen-bond donors (Lipinski definition) is 2. The summed E-state index contributed by atoms with van der Waals surface area (Å²) >= 11 is 6.24. The molecule has 0 radical (unpaired) electrons. The van der Waals surface area contributed by atoms with E-state index in [0.717, 1.165) is 23.4 Å². The highest BCUT2D eigenvalue weighted by atomic mass is 35.5. The summed E-state index contributed by atoms with van der Waals surface area (Å²) in [4.78, 5) is 11.1. The highest BCUT2D eigenvalue weighted by Crippen LogP contribution is 2.34. The molecule has 1 aromatic carbocycles. The molecule has 7 heteroatoms. The monoisotopic (exact) mass is 348 g/mol. The molecule has 0 saturated carbocycles. The first-order chi connectivity index (χ1) is 11.6. The van der Waals surface area contributed by atoms with Crippen LogP contribution in [0.1, 0.15) is 12.8 Å². The number of hydrogen-bond acceptors (Lipinski definition) is 4. The Kier molecular flexibility index (Phi) is 5.37. The van der Waals surface area contributed by atoms with Crippen molar-refractivity contribution in [2.24, 2.45) is 7.05 Å². The van der Waals surface area contributed by atoms with Crippen molar-refractivity contribution >= 4 is 17.5 Å². The first-order valence-corrected chi connectivity index (χ1v) is 8.42. The van der Waals surface area contributed by atoms with Crippen molar-refractivity contribution in [1.82, 2.24) is 20.4 Å². The number of piperidine rings is 1. The van der Waals surface area contributed by atoms with Crippen molar-refractivity contribution in [3.8, 4) is 17.0 Å². The molecule has 1 amide bonds. The summed E-state index contributed by atoms with van der Waals surface area (Å²) in [7, 11) is 1.86. The van der Waals surface area contributed by atoms with Crippen molar-refractivity contribution in [2.45, 2.75) is 18.9 Å². The van der Waals surface area contributed by atoms with Crippen molar-refractivity contribution in [1.29, 1.82) is 0 Å². The van der Waals surface area contributed by atoms with Crippen LogP contribution in [0.3, 0.4) is 0 Å². The zero-order valence-corrected chi connectivity index (χ0v) is 14.3. The predicted octanol–water partition coefficient (Wildman–Crippen LogP) is 1.99. The van der Waals surface area contributed by atoms with E-state index in [-0.39, 0.29) is 5.91 Å². The van der Waals surface area contributed by atoms with E-state index in [2.05, 4.69) is 15.7 Å². The van der Waals surface area contributed by atoms with E-state index >= 15 is 0 Å². The fourth-order valence-corrected chi connectivity index (χ4v) is 3.10. The minimum Gasteiger partial charge on any atom is -0.492 e. The number of aryl methyl sites for hydroxylation is 1. The molecule has 3 rings (SSSR count). The van der Waals surface area contributed by atoms with Gasteiger partial charge in [-0.1, -0.05) is 23.7 Å². The molecule has 0 bridgehead atoms.